The van der Waals surface area contributed by atoms with Crippen molar-refractivity contribution in [2.45, 2.75) is 12.5 Å². The standard InChI is InChI=1S/C12H16ClNO3/c1-12(11(15)16,14(2)3)8-5-6-10(17-4)9(13)7-8/h5-7H,1-4H3,(H,15,16)/t12-/m0/s1. The van der Waals surface area contributed by atoms with Crippen molar-refractivity contribution in [3.63, 3.8) is 0 Å². The van der Waals surface area contributed by atoms with Crippen LogP contribution in [0.2, 0.25) is 5.02 Å². The van der Waals surface area contributed by atoms with Gasteiger partial charge in [0.15, 0.2) is 0 Å². The van der Waals surface area contributed by atoms with Gasteiger partial charge in [-0.1, -0.05) is 17.7 Å². The molecule has 4 nitrogen and oxygen atoms in total. The Labute approximate surface area is 106 Å². The average Bonchev–Trinajstić information content (AvgIpc) is 2.27. The summed E-state index contributed by atoms with van der Waals surface area (Å²) < 4.78 is 5.04. The maximum Gasteiger partial charge on any atom is 0.328 e. The molecule has 1 rings (SSSR count). The van der Waals surface area contributed by atoms with Gasteiger partial charge in [-0.2, -0.15) is 0 Å². The number of halogens is 1. The van der Waals surface area contributed by atoms with Crippen molar-refractivity contribution in [3.8, 4) is 5.75 Å². The molecule has 0 aliphatic carbocycles. The number of carboxylic acid groups (broad SMARTS) is 1. The molecule has 0 aliphatic heterocycles. The van der Waals surface area contributed by atoms with Crippen molar-refractivity contribution in [2.24, 2.45) is 0 Å². The van der Waals surface area contributed by atoms with E-state index in [1.165, 1.54) is 7.11 Å². The highest BCUT2D eigenvalue weighted by molar-refractivity contribution is 6.32. The highest BCUT2D eigenvalue weighted by Gasteiger charge is 2.37. The fourth-order valence-electron chi connectivity index (χ4n) is 1.54. The predicted molar refractivity (Wildman–Crippen MR) is 66.7 cm³/mol. The number of carboxylic acids is 1. The van der Waals surface area contributed by atoms with Gasteiger partial charge in [0.2, 0.25) is 0 Å². The quantitative estimate of drug-likeness (QED) is 0.899. The molecule has 94 valence electrons. The predicted octanol–water partition coefficient (Wildman–Crippen LogP) is 2.21. The van der Waals surface area contributed by atoms with Crippen molar-refractivity contribution in [3.05, 3.63) is 28.8 Å². The van der Waals surface area contributed by atoms with Gasteiger partial charge in [-0.15, -0.1) is 0 Å². The summed E-state index contributed by atoms with van der Waals surface area (Å²) in [6, 6.07) is 5.00. The second-order valence-electron chi connectivity index (χ2n) is 4.12. The molecule has 0 saturated heterocycles. The fraction of sp³-hybridized carbons (Fsp3) is 0.417. The number of benzene rings is 1. The molecule has 0 spiro atoms. The lowest BCUT2D eigenvalue weighted by Gasteiger charge is -2.32. The molecular weight excluding hydrogens is 242 g/mol. The third-order valence-electron chi connectivity index (χ3n) is 3.02. The van der Waals surface area contributed by atoms with Gasteiger partial charge in [0, 0.05) is 0 Å². The Bertz CT molecular complexity index is 434. The topological polar surface area (TPSA) is 49.8 Å². The number of carbonyl (C=O) groups is 1. The fourth-order valence-corrected chi connectivity index (χ4v) is 1.80. The van der Waals surface area contributed by atoms with E-state index in [-0.39, 0.29) is 0 Å². The van der Waals surface area contributed by atoms with Crippen LogP contribution >= 0.6 is 11.6 Å². The summed E-state index contributed by atoms with van der Waals surface area (Å²) in [5.41, 5.74) is -0.503. The SMILES string of the molecule is COc1ccc([C@@](C)(C(=O)O)N(C)C)cc1Cl. The van der Waals surface area contributed by atoms with Crippen LogP contribution in [-0.2, 0) is 10.3 Å². The van der Waals surface area contributed by atoms with Gasteiger partial charge in [0.25, 0.3) is 0 Å². The van der Waals surface area contributed by atoms with E-state index in [1.807, 2.05) is 0 Å². The number of likely N-dealkylation sites (N-methyl/N-ethyl adjacent to an activating group) is 1. The maximum absolute atomic E-state index is 11.4. The molecule has 0 radical (unpaired) electrons. The van der Waals surface area contributed by atoms with E-state index in [0.29, 0.717) is 16.3 Å². The molecule has 0 unspecified atom stereocenters. The van der Waals surface area contributed by atoms with Gasteiger partial charge in [-0.3, -0.25) is 4.90 Å². The molecule has 0 heterocycles. The molecular formula is C12H16ClNO3. The second kappa shape index (κ2) is 4.94. The first-order chi connectivity index (χ1) is 7.83. The highest BCUT2D eigenvalue weighted by Crippen LogP contribution is 2.32. The molecule has 0 aliphatic rings. The van der Waals surface area contributed by atoms with Crippen molar-refractivity contribution in [1.29, 1.82) is 0 Å². The van der Waals surface area contributed by atoms with Gasteiger partial charge in [-0.05, 0) is 38.7 Å². The Hall–Kier alpha value is -1.26. The Balaban J connectivity index is 3.31. The molecule has 5 heteroatoms. The minimum atomic E-state index is -1.12. The summed E-state index contributed by atoms with van der Waals surface area (Å²) in [4.78, 5) is 13.0. The summed E-state index contributed by atoms with van der Waals surface area (Å²) in [6.07, 6.45) is 0. The summed E-state index contributed by atoms with van der Waals surface area (Å²) >= 11 is 6.01. The first-order valence-electron chi connectivity index (χ1n) is 5.09. The van der Waals surface area contributed by atoms with Crippen LogP contribution in [0.1, 0.15) is 12.5 Å². The van der Waals surface area contributed by atoms with Crippen molar-refractivity contribution >= 4 is 17.6 Å². The number of methoxy groups -OCH3 is 1. The van der Waals surface area contributed by atoms with E-state index in [1.54, 1.807) is 44.1 Å². The van der Waals surface area contributed by atoms with Crippen LogP contribution in [0, 0.1) is 0 Å². The van der Waals surface area contributed by atoms with E-state index < -0.39 is 11.5 Å². The Morgan fingerprint density at radius 1 is 1.47 bits per heavy atom. The van der Waals surface area contributed by atoms with Crippen LogP contribution < -0.4 is 4.74 Å². The van der Waals surface area contributed by atoms with E-state index in [0.717, 1.165) is 0 Å². The largest absolute Gasteiger partial charge is 0.495 e. The molecule has 0 bridgehead atoms. The summed E-state index contributed by atoms with van der Waals surface area (Å²) in [5, 5.41) is 9.76. The molecule has 1 aromatic carbocycles. The van der Waals surface area contributed by atoms with Crippen molar-refractivity contribution in [1.82, 2.24) is 4.90 Å². The van der Waals surface area contributed by atoms with Crippen LogP contribution in [0.4, 0.5) is 0 Å². The minimum absolute atomic E-state index is 0.402. The third-order valence-corrected chi connectivity index (χ3v) is 3.32. The maximum atomic E-state index is 11.4. The lowest BCUT2D eigenvalue weighted by atomic mass is 9.91. The molecule has 0 saturated carbocycles. The second-order valence-corrected chi connectivity index (χ2v) is 4.53. The summed E-state index contributed by atoms with van der Waals surface area (Å²) in [5.74, 6) is -0.398. The average molecular weight is 258 g/mol. The van der Waals surface area contributed by atoms with E-state index in [4.69, 9.17) is 16.3 Å². The third kappa shape index (κ3) is 2.37. The van der Waals surface area contributed by atoms with Gasteiger partial charge in [0.05, 0.1) is 12.1 Å². The number of hydrogen-bond donors (Lipinski definition) is 1. The van der Waals surface area contributed by atoms with Crippen LogP contribution in [0.5, 0.6) is 5.75 Å². The number of rotatable bonds is 4. The summed E-state index contributed by atoms with van der Waals surface area (Å²) in [6.45, 7) is 1.63. The number of aliphatic carboxylic acids is 1. The normalized spacial score (nSPS) is 14.5. The van der Waals surface area contributed by atoms with E-state index in [2.05, 4.69) is 0 Å². The van der Waals surface area contributed by atoms with Gasteiger partial charge < -0.3 is 9.84 Å². The zero-order valence-electron chi connectivity index (χ0n) is 10.3. The Morgan fingerprint density at radius 3 is 2.41 bits per heavy atom. The highest BCUT2D eigenvalue weighted by atomic mass is 35.5. The number of hydrogen-bond acceptors (Lipinski definition) is 3. The zero-order valence-corrected chi connectivity index (χ0v) is 11.1. The Kier molecular flexibility index (Phi) is 4.01. The smallest absolute Gasteiger partial charge is 0.328 e. The van der Waals surface area contributed by atoms with Crippen molar-refractivity contribution in [2.75, 3.05) is 21.2 Å². The molecule has 0 fully saturated rings. The summed E-state index contributed by atoms with van der Waals surface area (Å²) in [7, 11) is 4.95. The van der Waals surface area contributed by atoms with Gasteiger partial charge in [-0.25, -0.2) is 4.79 Å². The molecule has 0 amide bonds. The van der Waals surface area contributed by atoms with Crippen LogP contribution in [0.3, 0.4) is 0 Å². The molecule has 1 N–H and O–H groups in total. The first-order valence-corrected chi connectivity index (χ1v) is 5.46. The number of nitrogens with zero attached hydrogens (tertiary/aromatic N) is 1. The Morgan fingerprint density at radius 2 is 2.06 bits per heavy atom. The van der Waals surface area contributed by atoms with Gasteiger partial charge in [0.1, 0.15) is 11.3 Å². The van der Waals surface area contributed by atoms with Crippen molar-refractivity contribution < 1.29 is 14.6 Å². The molecule has 1 aromatic rings. The number of ether oxygens (including phenoxy) is 1. The van der Waals surface area contributed by atoms with Crippen LogP contribution in [-0.4, -0.2) is 37.2 Å². The van der Waals surface area contributed by atoms with E-state index in [9.17, 15) is 9.90 Å². The molecule has 1 atom stereocenters. The minimum Gasteiger partial charge on any atom is -0.495 e. The first kappa shape index (κ1) is 13.8. The van der Waals surface area contributed by atoms with Gasteiger partial charge >= 0.3 is 5.97 Å². The molecule has 17 heavy (non-hydrogen) atoms. The molecule has 0 aromatic heterocycles. The van der Waals surface area contributed by atoms with Crippen LogP contribution in [0.15, 0.2) is 18.2 Å². The monoisotopic (exact) mass is 257 g/mol. The van der Waals surface area contributed by atoms with Crippen LogP contribution in [0.25, 0.3) is 0 Å². The zero-order chi connectivity index (χ0) is 13.2. The van der Waals surface area contributed by atoms with E-state index >= 15 is 0 Å². The lowest BCUT2D eigenvalue weighted by Crippen LogP contribution is -2.45. The lowest BCUT2D eigenvalue weighted by molar-refractivity contribution is -0.149.